The predicted octanol–water partition coefficient (Wildman–Crippen LogP) is 6.59. The number of rotatable bonds is 3. The van der Waals surface area contributed by atoms with E-state index in [9.17, 15) is 22.8 Å². The SMILES string of the molecule is CC.Cc1ccc(C)c(F)c1F.O=C(Nc1sccc1C(=O)O)c1nc2cc(F)ccc2o1. The van der Waals surface area contributed by atoms with E-state index in [1.54, 1.807) is 17.5 Å². The summed E-state index contributed by atoms with van der Waals surface area (Å²) >= 11 is 1.07. The number of hydrogen-bond donors (Lipinski definition) is 2. The summed E-state index contributed by atoms with van der Waals surface area (Å²) in [4.78, 5) is 26.8. The van der Waals surface area contributed by atoms with Crippen molar-refractivity contribution in [2.45, 2.75) is 27.7 Å². The van der Waals surface area contributed by atoms with Crippen molar-refractivity contribution in [3.05, 3.63) is 81.8 Å². The molecule has 0 unspecified atom stereocenters. The van der Waals surface area contributed by atoms with Gasteiger partial charge in [0.25, 0.3) is 5.89 Å². The van der Waals surface area contributed by atoms with E-state index < -0.39 is 29.3 Å². The Morgan fingerprint density at radius 2 is 1.61 bits per heavy atom. The monoisotopic (exact) mass is 478 g/mol. The lowest BCUT2D eigenvalue weighted by Crippen LogP contribution is -2.13. The van der Waals surface area contributed by atoms with Crippen molar-refractivity contribution in [3.63, 3.8) is 0 Å². The molecule has 0 saturated carbocycles. The summed E-state index contributed by atoms with van der Waals surface area (Å²) in [6, 6.07) is 8.20. The number of aryl methyl sites for hydroxylation is 2. The minimum absolute atomic E-state index is 0.0181. The number of hydrogen-bond acceptors (Lipinski definition) is 5. The average Bonchev–Trinajstić information content (AvgIpc) is 3.43. The van der Waals surface area contributed by atoms with Gasteiger partial charge < -0.3 is 14.8 Å². The standard InChI is InChI=1S/C13H7FN2O4S.C8H8F2.C2H6/c14-6-1-2-9-8(5-6)15-11(20-9)10(17)16-12-7(13(18)19)3-4-21-12;1-5-3-4-6(2)8(10)7(5)9;1-2/h1-5H,(H,16,17)(H,18,19);3-4H,1-2H3;1-2H3. The van der Waals surface area contributed by atoms with Crippen LogP contribution in [-0.2, 0) is 0 Å². The predicted molar refractivity (Wildman–Crippen MR) is 120 cm³/mol. The van der Waals surface area contributed by atoms with E-state index in [1.807, 2.05) is 13.8 Å². The minimum atomic E-state index is -1.15. The first kappa shape index (κ1) is 25.6. The molecule has 6 nitrogen and oxygen atoms in total. The van der Waals surface area contributed by atoms with Gasteiger partial charge in [0.1, 0.15) is 16.3 Å². The molecule has 0 aliphatic carbocycles. The Balaban J connectivity index is 0.000000270. The van der Waals surface area contributed by atoms with Crippen LogP contribution in [0.4, 0.5) is 18.2 Å². The van der Waals surface area contributed by atoms with Gasteiger partial charge in [0.05, 0.1) is 5.56 Å². The topological polar surface area (TPSA) is 92.4 Å². The van der Waals surface area contributed by atoms with E-state index in [-0.39, 0.29) is 27.6 Å². The number of fused-ring (bicyclic) bond motifs is 1. The van der Waals surface area contributed by atoms with Crippen molar-refractivity contribution in [2.75, 3.05) is 5.32 Å². The number of thiophene rings is 1. The molecule has 10 heteroatoms. The van der Waals surface area contributed by atoms with Gasteiger partial charge in [0.15, 0.2) is 17.2 Å². The van der Waals surface area contributed by atoms with Crippen LogP contribution in [0.3, 0.4) is 0 Å². The number of benzene rings is 2. The van der Waals surface area contributed by atoms with Gasteiger partial charge in [-0.15, -0.1) is 11.3 Å². The van der Waals surface area contributed by atoms with Gasteiger partial charge in [0.2, 0.25) is 0 Å². The Morgan fingerprint density at radius 3 is 2.18 bits per heavy atom. The fourth-order valence-electron chi connectivity index (χ4n) is 2.47. The van der Waals surface area contributed by atoms with Crippen LogP contribution >= 0.6 is 11.3 Å². The highest BCUT2D eigenvalue weighted by Gasteiger charge is 2.19. The minimum Gasteiger partial charge on any atom is -0.478 e. The van der Waals surface area contributed by atoms with Crippen molar-refractivity contribution >= 4 is 39.3 Å². The molecule has 0 saturated heterocycles. The van der Waals surface area contributed by atoms with Gasteiger partial charge in [0, 0.05) is 6.07 Å². The number of nitrogens with one attached hydrogen (secondary N) is 1. The molecule has 0 aliphatic heterocycles. The summed E-state index contributed by atoms with van der Waals surface area (Å²) in [7, 11) is 0. The van der Waals surface area contributed by atoms with E-state index in [4.69, 9.17) is 9.52 Å². The third kappa shape index (κ3) is 6.19. The molecule has 2 aromatic carbocycles. The van der Waals surface area contributed by atoms with Crippen LogP contribution in [0.1, 0.15) is 46.0 Å². The number of nitrogens with zero attached hydrogens (tertiary/aromatic N) is 1. The highest BCUT2D eigenvalue weighted by atomic mass is 32.1. The first-order valence-electron chi connectivity index (χ1n) is 9.76. The molecule has 0 bridgehead atoms. The summed E-state index contributed by atoms with van der Waals surface area (Å²) in [5, 5.41) is 13.1. The zero-order chi connectivity index (χ0) is 24.7. The van der Waals surface area contributed by atoms with E-state index >= 15 is 0 Å². The highest BCUT2D eigenvalue weighted by molar-refractivity contribution is 7.14. The van der Waals surface area contributed by atoms with Crippen LogP contribution in [0.15, 0.2) is 46.2 Å². The van der Waals surface area contributed by atoms with Gasteiger partial charge in [-0.3, -0.25) is 4.79 Å². The molecule has 2 aromatic heterocycles. The van der Waals surface area contributed by atoms with Crippen LogP contribution in [0.5, 0.6) is 0 Å². The molecule has 33 heavy (non-hydrogen) atoms. The lowest BCUT2D eigenvalue weighted by Gasteiger charge is -2.00. The van der Waals surface area contributed by atoms with E-state index in [0.29, 0.717) is 11.1 Å². The van der Waals surface area contributed by atoms with Gasteiger partial charge in [-0.2, -0.15) is 0 Å². The normalized spacial score (nSPS) is 10.0. The van der Waals surface area contributed by atoms with Crippen LogP contribution < -0.4 is 5.32 Å². The van der Waals surface area contributed by atoms with Crippen LogP contribution in [0.25, 0.3) is 11.1 Å². The smallest absolute Gasteiger partial charge is 0.338 e. The Morgan fingerprint density at radius 1 is 1.00 bits per heavy atom. The Hall–Kier alpha value is -3.66. The second-order valence-corrected chi connectivity index (χ2v) is 7.30. The molecule has 0 spiro atoms. The Labute approximate surface area is 191 Å². The maximum Gasteiger partial charge on any atom is 0.338 e. The molecule has 0 radical (unpaired) electrons. The largest absolute Gasteiger partial charge is 0.478 e. The summed E-state index contributed by atoms with van der Waals surface area (Å²) in [5.41, 5.74) is 1.16. The summed E-state index contributed by atoms with van der Waals surface area (Å²) in [5.74, 6) is -4.07. The molecule has 4 aromatic rings. The van der Waals surface area contributed by atoms with Crippen molar-refractivity contribution in [1.29, 1.82) is 0 Å². The summed E-state index contributed by atoms with van der Waals surface area (Å²) < 4.78 is 43.5. The third-order valence-corrected chi connectivity index (χ3v) is 4.96. The molecule has 0 aliphatic rings. The van der Waals surface area contributed by atoms with E-state index in [1.165, 1.54) is 32.0 Å². The van der Waals surface area contributed by atoms with Crippen LogP contribution in [-0.4, -0.2) is 22.0 Å². The zero-order valence-corrected chi connectivity index (χ0v) is 19.0. The fraction of sp³-hybridized carbons (Fsp3) is 0.174. The Kier molecular flexibility index (Phi) is 8.75. The maximum absolute atomic E-state index is 13.0. The number of anilines is 1. The quantitative estimate of drug-likeness (QED) is 0.347. The van der Waals surface area contributed by atoms with E-state index in [0.717, 1.165) is 17.4 Å². The number of carbonyl (C=O) groups is 2. The van der Waals surface area contributed by atoms with Gasteiger partial charge >= 0.3 is 11.9 Å². The number of carbonyl (C=O) groups excluding carboxylic acids is 1. The molecule has 1 amide bonds. The second-order valence-electron chi connectivity index (χ2n) is 6.38. The lowest BCUT2D eigenvalue weighted by molar-refractivity contribution is 0.0698. The molecule has 174 valence electrons. The average molecular weight is 478 g/mol. The second kappa shape index (κ2) is 11.3. The number of aromatic carboxylic acids is 1. The van der Waals surface area contributed by atoms with Crippen molar-refractivity contribution < 1.29 is 32.3 Å². The molecule has 2 N–H and O–H groups in total. The Bertz CT molecular complexity index is 1260. The first-order chi connectivity index (χ1) is 15.7. The van der Waals surface area contributed by atoms with Crippen LogP contribution in [0.2, 0.25) is 0 Å². The highest BCUT2D eigenvalue weighted by Crippen LogP contribution is 2.24. The molecule has 0 atom stereocenters. The van der Waals surface area contributed by atoms with E-state index in [2.05, 4.69) is 10.3 Å². The number of oxazole rings is 1. The van der Waals surface area contributed by atoms with Gasteiger partial charge in [-0.25, -0.2) is 22.9 Å². The summed E-state index contributed by atoms with van der Waals surface area (Å²) in [6.07, 6.45) is 0. The van der Waals surface area contributed by atoms with Crippen LogP contribution in [0, 0.1) is 31.3 Å². The van der Waals surface area contributed by atoms with Crippen molar-refractivity contribution in [2.24, 2.45) is 0 Å². The molecular weight excluding hydrogens is 457 g/mol. The first-order valence-corrected chi connectivity index (χ1v) is 10.6. The molecule has 0 fully saturated rings. The fourth-order valence-corrected chi connectivity index (χ4v) is 3.25. The van der Waals surface area contributed by atoms with Gasteiger partial charge in [-0.05, 0) is 48.6 Å². The number of carboxylic acid groups (broad SMARTS) is 1. The maximum atomic E-state index is 13.0. The third-order valence-electron chi connectivity index (χ3n) is 4.14. The zero-order valence-electron chi connectivity index (χ0n) is 18.2. The molecule has 2 heterocycles. The number of amides is 1. The van der Waals surface area contributed by atoms with Crippen molar-refractivity contribution in [1.82, 2.24) is 4.98 Å². The van der Waals surface area contributed by atoms with Gasteiger partial charge in [-0.1, -0.05) is 26.0 Å². The van der Waals surface area contributed by atoms with Crippen molar-refractivity contribution in [3.8, 4) is 0 Å². The molecular formula is C23H21F3N2O4S. The summed E-state index contributed by atoms with van der Waals surface area (Å²) in [6.45, 7) is 7.08. The number of aromatic nitrogens is 1. The number of carboxylic acids is 1. The lowest BCUT2D eigenvalue weighted by atomic mass is 10.1. The number of halogens is 3. The molecule has 4 rings (SSSR count).